The Morgan fingerprint density at radius 3 is 2.60 bits per heavy atom. The maximum absolute atomic E-state index is 14.4. The fourth-order valence-electron chi connectivity index (χ4n) is 3.09. The molecule has 1 aliphatic heterocycles. The Kier molecular flexibility index (Phi) is 3.29. The van der Waals surface area contributed by atoms with Gasteiger partial charge in [0.1, 0.15) is 23.0 Å². The zero-order chi connectivity index (χ0) is 17.6. The lowest BCUT2D eigenvalue weighted by atomic mass is 9.83. The van der Waals surface area contributed by atoms with E-state index in [0.29, 0.717) is 11.0 Å². The van der Waals surface area contributed by atoms with Crippen LogP contribution in [0.25, 0.3) is 11.0 Å². The molecule has 0 radical (unpaired) electrons. The Morgan fingerprint density at radius 1 is 1.12 bits per heavy atom. The lowest BCUT2D eigenvalue weighted by Crippen LogP contribution is -2.26. The molecule has 2 heterocycles. The quantitative estimate of drug-likeness (QED) is 0.691. The Morgan fingerprint density at radius 2 is 1.84 bits per heavy atom. The van der Waals surface area contributed by atoms with Crippen LogP contribution in [0.4, 0.5) is 4.39 Å². The highest BCUT2D eigenvalue weighted by Gasteiger charge is 2.36. The fourth-order valence-corrected chi connectivity index (χ4v) is 3.09. The average Bonchev–Trinajstić information content (AvgIpc) is 2.61. The second-order valence-electron chi connectivity index (χ2n) is 5.57. The minimum atomic E-state index is -0.990. The average molecular weight is 334 g/mol. The maximum atomic E-state index is 14.4. The molecule has 6 heteroatoms. The molecule has 2 aromatic carbocycles. The minimum absolute atomic E-state index is 0.0276. The summed E-state index contributed by atoms with van der Waals surface area (Å²) in [7, 11) is 0. The molecule has 0 saturated carbocycles. The predicted molar refractivity (Wildman–Crippen MR) is 88.2 cm³/mol. The summed E-state index contributed by atoms with van der Waals surface area (Å²) in [6.45, 7) is 0. The SMILES string of the molecule is N#CC1=C(N)Oc2c(c(=O)oc3ccccc23)[C@@H]1c1ccccc1F. The van der Waals surface area contributed by atoms with Crippen molar-refractivity contribution in [3.05, 3.63) is 87.4 Å². The second kappa shape index (κ2) is 5.49. The number of benzene rings is 2. The van der Waals surface area contributed by atoms with Gasteiger partial charge in [-0.3, -0.25) is 0 Å². The van der Waals surface area contributed by atoms with Crippen molar-refractivity contribution >= 4 is 11.0 Å². The second-order valence-corrected chi connectivity index (χ2v) is 5.57. The van der Waals surface area contributed by atoms with Crippen molar-refractivity contribution in [1.29, 1.82) is 5.26 Å². The van der Waals surface area contributed by atoms with E-state index in [0.717, 1.165) is 0 Å². The van der Waals surface area contributed by atoms with Gasteiger partial charge in [-0.2, -0.15) is 5.26 Å². The van der Waals surface area contributed by atoms with E-state index in [1.54, 1.807) is 30.3 Å². The molecule has 1 aliphatic rings. The number of nitrogens with two attached hydrogens (primary N) is 1. The van der Waals surface area contributed by atoms with Gasteiger partial charge in [-0.25, -0.2) is 9.18 Å². The first kappa shape index (κ1) is 15.0. The van der Waals surface area contributed by atoms with E-state index in [4.69, 9.17) is 14.9 Å². The molecule has 0 unspecified atom stereocenters. The summed E-state index contributed by atoms with van der Waals surface area (Å²) in [4.78, 5) is 12.6. The van der Waals surface area contributed by atoms with Gasteiger partial charge in [-0.05, 0) is 18.2 Å². The highest BCUT2D eigenvalue weighted by Crippen LogP contribution is 2.43. The predicted octanol–water partition coefficient (Wildman–Crippen LogP) is 3.15. The molecule has 1 aromatic heterocycles. The van der Waals surface area contributed by atoms with E-state index < -0.39 is 17.4 Å². The van der Waals surface area contributed by atoms with Crippen LogP contribution in [-0.2, 0) is 0 Å². The molecule has 122 valence electrons. The van der Waals surface area contributed by atoms with Crippen LogP contribution in [0.1, 0.15) is 17.0 Å². The number of ether oxygens (including phenoxy) is 1. The van der Waals surface area contributed by atoms with E-state index in [-0.39, 0.29) is 28.3 Å². The molecule has 0 saturated heterocycles. The molecule has 2 N–H and O–H groups in total. The minimum Gasteiger partial charge on any atom is -0.439 e. The zero-order valence-electron chi connectivity index (χ0n) is 12.8. The summed E-state index contributed by atoms with van der Waals surface area (Å²) in [5.41, 5.74) is 5.73. The number of hydrogen-bond donors (Lipinski definition) is 1. The summed E-state index contributed by atoms with van der Waals surface area (Å²) >= 11 is 0. The molecule has 4 rings (SSSR count). The first-order valence-corrected chi connectivity index (χ1v) is 7.49. The number of fused-ring (bicyclic) bond motifs is 3. The van der Waals surface area contributed by atoms with Crippen LogP contribution in [0.15, 0.2) is 69.2 Å². The summed E-state index contributed by atoms with van der Waals surface area (Å²) < 4.78 is 25.3. The molecule has 0 aliphatic carbocycles. The van der Waals surface area contributed by atoms with Gasteiger partial charge in [0.2, 0.25) is 5.88 Å². The van der Waals surface area contributed by atoms with Gasteiger partial charge >= 0.3 is 5.63 Å². The first-order chi connectivity index (χ1) is 12.1. The number of hydrogen-bond acceptors (Lipinski definition) is 5. The Hall–Kier alpha value is -3.59. The lowest BCUT2D eigenvalue weighted by molar-refractivity contribution is 0.387. The summed E-state index contributed by atoms with van der Waals surface area (Å²) in [6.07, 6.45) is 0. The lowest BCUT2D eigenvalue weighted by Gasteiger charge is -2.26. The number of allylic oxidation sites excluding steroid dienone is 1. The summed E-state index contributed by atoms with van der Waals surface area (Å²) in [5, 5.41) is 10.0. The number of nitriles is 1. The zero-order valence-corrected chi connectivity index (χ0v) is 12.8. The van der Waals surface area contributed by atoms with E-state index in [1.807, 2.05) is 6.07 Å². The summed E-state index contributed by atoms with van der Waals surface area (Å²) in [5.74, 6) is -1.50. The standard InChI is InChI=1S/C19H11FN2O3/c20-13-7-3-1-5-10(13)15-12(9-21)18(22)25-17-11-6-2-4-8-14(11)24-19(23)16(15)17/h1-8,15H,22H2/t15-/m1/s1. The smallest absolute Gasteiger partial charge is 0.344 e. The highest BCUT2D eigenvalue weighted by atomic mass is 19.1. The van der Waals surface area contributed by atoms with E-state index in [1.165, 1.54) is 18.2 Å². The molecule has 3 aromatic rings. The third-order valence-electron chi connectivity index (χ3n) is 4.19. The largest absolute Gasteiger partial charge is 0.439 e. The fraction of sp³-hybridized carbons (Fsp3) is 0.0526. The van der Waals surface area contributed by atoms with Gasteiger partial charge in [0.15, 0.2) is 5.75 Å². The van der Waals surface area contributed by atoms with Crippen molar-refractivity contribution < 1.29 is 13.5 Å². The van der Waals surface area contributed by atoms with Crippen LogP contribution in [0, 0.1) is 17.1 Å². The van der Waals surface area contributed by atoms with E-state index in [9.17, 15) is 14.4 Å². The third-order valence-corrected chi connectivity index (χ3v) is 4.19. The molecular weight excluding hydrogens is 323 g/mol. The molecule has 0 spiro atoms. The van der Waals surface area contributed by atoms with Crippen molar-refractivity contribution in [3.8, 4) is 11.8 Å². The van der Waals surface area contributed by atoms with Crippen molar-refractivity contribution in [1.82, 2.24) is 0 Å². The Labute approximate surface area is 141 Å². The van der Waals surface area contributed by atoms with Crippen LogP contribution >= 0.6 is 0 Å². The third kappa shape index (κ3) is 2.17. The number of rotatable bonds is 1. The topological polar surface area (TPSA) is 89.3 Å². The van der Waals surface area contributed by atoms with Gasteiger partial charge < -0.3 is 14.9 Å². The molecular formula is C19H11FN2O3. The van der Waals surface area contributed by atoms with Gasteiger partial charge in [0, 0.05) is 5.56 Å². The van der Waals surface area contributed by atoms with E-state index >= 15 is 0 Å². The molecule has 0 amide bonds. The Bertz CT molecular complexity index is 1140. The molecule has 0 bridgehead atoms. The van der Waals surface area contributed by atoms with Crippen molar-refractivity contribution in [2.24, 2.45) is 5.73 Å². The molecule has 25 heavy (non-hydrogen) atoms. The Balaban J connectivity index is 2.12. The van der Waals surface area contributed by atoms with Crippen LogP contribution in [0.2, 0.25) is 0 Å². The van der Waals surface area contributed by atoms with Crippen LogP contribution < -0.4 is 16.1 Å². The highest BCUT2D eigenvalue weighted by molar-refractivity contribution is 5.86. The monoisotopic (exact) mass is 334 g/mol. The van der Waals surface area contributed by atoms with Gasteiger partial charge in [-0.15, -0.1) is 0 Å². The van der Waals surface area contributed by atoms with Crippen LogP contribution in [0.5, 0.6) is 5.75 Å². The van der Waals surface area contributed by atoms with Gasteiger partial charge in [0.05, 0.1) is 16.9 Å². The van der Waals surface area contributed by atoms with Crippen molar-refractivity contribution in [2.45, 2.75) is 5.92 Å². The first-order valence-electron chi connectivity index (χ1n) is 7.49. The number of halogens is 1. The number of para-hydroxylation sites is 1. The van der Waals surface area contributed by atoms with Crippen molar-refractivity contribution in [2.75, 3.05) is 0 Å². The molecule has 1 atom stereocenters. The van der Waals surface area contributed by atoms with Crippen LogP contribution in [0.3, 0.4) is 0 Å². The van der Waals surface area contributed by atoms with E-state index in [2.05, 4.69) is 0 Å². The van der Waals surface area contributed by atoms with Gasteiger partial charge in [0.25, 0.3) is 0 Å². The van der Waals surface area contributed by atoms with Crippen molar-refractivity contribution in [3.63, 3.8) is 0 Å². The van der Waals surface area contributed by atoms with Crippen LogP contribution in [-0.4, -0.2) is 0 Å². The van der Waals surface area contributed by atoms with Gasteiger partial charge in [-0.1, -0.05) is 30.3 Å². The number of nitrogens with zero attached hydrogens (tertiary/aromatic N) is 1. The summed E-state index contributed by atoms with van der Waals surface area (Å²) in [6, 6.07) is 14.7. The molecule has 5 nitrogen and oxygen atoms in total. The maximum Gasteiger partial charge on any atom is 0.344 e. The normalized spacial score (nSPS) is 16.2. The molecule has 0 fully saturated rings.